The Morgan fingerprint density at radius 2 is 1.68 bits per heavy atom. The Balaban J connectivity index is 1.53. The van der Waals surface area contributed by atoms with Gasteiger partial charge in [0.25, 0.3) is 11.8 Å². The topological polar surface area (TPSA) is 82.1 Å². The number of hydrogen-bond acceptors (Lipinski definition) is 6. The highest BCUT2D eigenvalue weighted by molar-refractivity contribution is 6.21. The van der Waals surface area contributed by atoms with Crippen molar-refractivity contribution in [3.8, 4) is 11.5 Å². The van der Waals surface area contributed by atoms with E-state index >= 15 is 0 Å². The molecule has 0 bridgehead atoms. The van der Waals surface area contributed by atoms with E-state index in [9.17, 15) is 14.4 Å². The molecule has 0 aromatic heterocycles. The molecule has 146 valence electrons. The van der Waals surface area contributed by atoms with Crippen LogP contribution in [0.15, 0.2) is 42.5 Å². The van der Waals surface area contributed by atoms with E-state index in [4.69, 9.17) is 14.2 Å². The van der Waals surface area contributed by atoms with E-state index in [-0.39, 0.29) is 25.0 Å². The standard InChI is InChI=1S/C21H21NO6/c1-3-27-18-13-14(9-10-17(18)26-2)21(25)28-12-6-11-22-19(23)15-7-4-5-8-16(15)20(22)24/h4-5,7-10,13H,3,6,11-12H2,1-2H3. The molecule has 0 atom stereocenters. The number of imide groups is 1. The number of rotatable bonds is 8. The van der Waals surface area contributed by atoms with Gasteiger partial charge in [0.05, 0.1) is 37.0 Å². The van der Waals surface area contributed by atoms with Gasteiger partial charge in [0.2, 0.25) is 0 Å². The average molecular weight is 383 g/mol. The van der Waals surface area contributed by atoms with Crippen LogP contribution >= 0.6 is 0 Å². The molecule has 0 N–H and O–H groups in total. The molecule has 28 heavy (non-hydrogen) atoms. The smallest absolute Gasteiger partial charge is 0.338 e. The third-order valence-corrected chi connectivity index (χ3v) is 4.34. The highest BCUT2D eigenvalue weighted by Gasteiger charge is 2.34. The molecule has 1 aliphatic heterocycles. The molecule has 0 unspecified atom stereocenters. The summed E-state index contributed by atoms with van der Waals surface area (Å²) in [6.07, 6.45) is 0.353. The number of benzene rings is 2. The zero-order chi connectivity index (χ0) is 20.1. The fraction of sp³-hybridized carbons (Fsp3) is 0.286. The molecule has 0 saturated carbocycles. The number of carbonyl (C=O) groups excluding carboxylic acids is 3. The minimum absolute atomic E-state index is 0.0856. The van der Waals surface area contributed by atoms with Crippen LogP contribution in [0.1, 0.15) is 44.4 Å². The molecule has 0 fully saturated rings. The maximum absolute atomic E-state index is 12.3. The predicted octanol–water partition coefficient (Wildman–Crippen LogP) is 2.94. The van der Waals surface area contributed by atoms with Crippen LogP contribution in [0.25, 0.3) is 0 Å². The molecule has 2 aromatic rings. The van der Waals surface area contributed by atoms with Crippen LogP contribution in [0.4, 0.5) is 0 Å². The predicted molar refractivity (Wildman–Crippen MR) is 101 cm³/mol. The summed E-state index contributed by atoms with van der Waals surface area (Å²) in [6, 6.07) is 11.5. The monoisotopic (exact) mass is 383 g/mol. The highest BCUT2D eigenvalue weighted by atomic mass is 16.5. The third kappa shape index (κ3) is 3.83. The molecular weight excluding hydrogens is 362 g/mol. The zero-order valence-electron chi connectivity index (χ0n) is 15.8. The normalized spacial score (nSPS) is 12.7. The van der Waals surface area contributed by atoms with E-state index in [1.165, 1.54) is 12.0 Å². The van der Waals surface area contributed by atoms with Gasteiger partial charge in [-0.2, -0.15) is 0 Å². The van der Waals surface area contributed by atoms with Crippen molar-refractivity contribution in [1.29, 1.82) is 0 Å². The molecule has 7 nitrogen and oxygen atoms in total. The summed E-state index contributed by atoms with van der Waals surface area (Å²) < 4.78 is 15.9. The van der Waals surface area contributed by atoms with Crippen molar-refractivity contribution in [1.82, 2.24) is 4.90 Å². The van der Waals surface area contributed by atoms with Crippen LogP contribution in [0.3, 0.4) is 0 Å². The number of esters is 1. The first kappa shape index (κ1) is 19.4. The molecule has 1 heterocycles. The molecule has 0 spiro atoms. The van der Waals surface area contributed by atoms with Gasteiger partial charge in [-0.15, -0.1) is 0 Å². The fourth-order valence-electron chi connectivity index (χ4n) is 2.99. The van der Waals surface area contributed by atoms with Gasteiger partial charge in [-0.1, -0.05) is 12.1 Å². The van der Waals surface area contributed by atoms with Crippen molar-refractivity contribution < 1.29 is 28.6 Å². The minimum atomic E-state index is -0.508. The van der Waals surface area contributed by atoms with Gasteiger partial charge >= 0.3 is 5.97 Å². The molecule has 3 rings (SSSR count). The van der Waals surface area contributed by atoms with Gasteiger partial charge in [0.1, 0.15) is 0 Å². The van der Waals surface area contributed by atoms with Crippen molar-refractivity contribution in [3.05, 3.63) is 59.2 Å². The minimum Gasteiger partial charge on any atom is -0.493 e. The van der Waals surface area contributed by atoms with Gasteiger partial charge in [-0.3, -0.25) is 14.5 Å². The Hall–Kier alpha value is -3.35. The van der Waals surface area contributed by atoms with E-state index in [0.717, 1.165) is 0 Å². The summed E-state index contributed by atoms with van der Waals surface area (Å²) >= 11 is 0. The molecule has 0 saturated heterocycles. The lowest BCUT2D eigenvalue weighted by Crippen LogP contribution is -2.31. The van der Waals surface area contributed by atoms with Crippen LogP contribution < -0.4 is 9.47 Å². The second-order valence-corrected chi connectivity index (χ2v) is 6.10. The number of ether oxygens (including phenoxy) is 3. The van der Waals surface area contributed by atoms with Gasteiger partial charge in [-0.05, 0) is 43.7 Å². The number of amides is 2. The van der Waals surface area contributed by atoms with Gasteiger partial charge in [-0.25, -0.2) is 4.79 Å². The Morgan fingerprint density at radius 3 is 2.29 bits per heavy atom. The van der Waals surface area contributed by atoms with E-state index < -0.39 is 5.97 Å². The molecule has 2 aromatic carbocycles. The average Bonchev–Trinajstić information content (AvgIpc) is 2.96. The Labute approximate surface area is 162 Å². The molecular formula is C21H21NO6. The van der Waals surface area contributed by atoms with Crippen molar-refractivity contribution in [2.75, 3.05) is 26.9 Å². The molecule has 1 aliphatic rings. The summed E-state index contributed by atoms with van der Waals surface area (Å²) in [5.74, 6) is -0.146. The Morgan fingerprint density at radius 1 is 1.00 bits per heavy atom. The number of fused-ring (bicyclic) bond motifs is 1. The van der Waals surface area contributed by atoms with Gasteiger partial charge in [0.15, 0.2) is 11.5 Å². The lowest BCUT2D eigenvalue weighted by molar-refractivity contribution is 0.0482. The van der Waals surface area contributed by atoms with Crippen LogP contribution in [0, 0.1) is 0 Å². The number of nitrogens with zero attached hydrogens (tertiary/aromatic N) is 1. The summed E-state index contributed by atoms with van der Waals surface area (Å²) in [5.41, 5.74) is 1.15. The van der Waals surface area contributed by atoms with E-state index in [2.05, 4.69) is 0 Å². The van der Waals surface area contributed by atoms with Crippen LogP contribution in [0.2, 0.25) is 0 Å². The highest BCUT2D eigenvalue weighted by Crippen LogP contribution is 2.28. The lowest BCUT2D eigenvalue weighted by Gasteiger charge is -2.14. The lowest BCUT2D eigenvalue weighted by atomic mass is 10.1. The second-order valence-electron chi connectivity index (χ2n) is 6.10. The summed E-state index contributed by atoms with van der Waals surface area (Å²) in [4.78, 5) is 38.0. The summed E-state index contributed by atoms with van der Waals surface area (Å²) in [6.45, 7) is 2.55. The molecule has 0 radical (unpaired) electrons. The third-order valence-electron chi connectivity index (χ3n) is 4.34. The number of hydrogen-bond donors (Lipinski definition) is 0. The van der Waals surface area contributed by atoms with Crippen molar-refractivity contribution in [3.63, 3.8) is 0 Å². The first-order chi connectivity index (χ1) is 13.6. The Kier molecular flexibility index (Phi) is 5.93. The summed E-state index contributed by atoms with van der Waals surface area (Å²) in [7, 11) is 1.52. The summed E-state index contributed by atoms with van der Waals surface area (Å²) in [5, 5.41) is 0. The molecule has 0 aliphatic carbocycles. The molecule has 7 heteroatoms. The Bertz CT molecular complexity index is 873. The van der Waals surface area contributed by atoms with Crippen molar-refractivity contribution >= 4 is 17.8 Å². The van der Waals surface area contributed by atoms with E-state index in [0.29, 0.717) is 41.2 Å². The first-order valence-electron chi connectivity index (χ1n) is 9.00. The van der Waals surface area contributed by atoms with E-state index in [1.807, 2.05) is 6.92 Å². The quantitative estimate of drug-likeness (QED) is 0.396. The van der Waals surface area contributed by atoms with Crippen LogP contribution in [0.5, 0.6) is 11.5 Å². The van der Waals surface area contributed by atoms with Crippen molar-refractivity contribution in [2.24, 2.45) is 0 Å². The van der Waals surface area contributed by atoms with Crippen LogP contribution in [-0.4, -0.2) is 49.6 Å². The second kappa shape index (κ2) is 8.56. The first-order valence-corrected chi connectivity index (χ1v) is 9.00. The van der Waals surface area contributed by atoms with Gasteiger partial charge < -0.3 is 14.2 Å². The largest absolute Gasteiger partial charge is 0.493 e. The number of carbonyl (C=O) groups is 3. The maximum atomic E-state index is 12.3. The zero-order valence-corrected chi connectivity index (χ0v) is 15.8. The van der Waals surface area contributed by atoms with E-state index in [1.54, 1.807) is 42.5 Å². The number of methoxy groups -OCH3 is 1. The fourth-order valence-corrected chi connectivity index (χ4v) is 2.99. The maximum Gasteiger partial charge on any atom is 0.338 e. The van der Waals surface area contributed by atoms with Crippen molar-refractivity contribution in [2.45, 2.75) is 13.3 Å². The SMILES string of the molecule is CCOc1cc(C(=O)OCCCN2C(=O)c3ccccc3C2=O)ccc1OC. The van der Waals surface area contributed by atoms with Crippen LogP contribution in [-0.2, 0) is 4.74 Å². The molecule has 2 amide bonds. The van der Waals surface area contributed by atoms with Gasteiger partial charge in [0, 0.05) is 6.54 Å².